The number of hydrogen-bond acceptors (Lipinski definition) is 3. The third-order valence-corrected chi connectivity index (χ3v) is 3.62. The van der Waals surface area contributed by atoms with Crippen LogP contribution in [0.4, 0.5) is 0 Å². The first kappa shape index (κ1) is 16.2. The van der Waals surface area contributed by atoms with E-state index in [4.69, 9.17) is 0 Å². The molecule has 0 saturated carbocycles. The molecular formula is C16H27NO2. The summed E-state index contributed by atoms with van der Waals surface area (Å²) in [6, 6.07) is 8.53. The van der Waals surface area contributed by atoms with E-state index in [1.54, 1.807) is 0 Å². The first-order chi connectivity index (χ1) is 9.05. The summed E-state index contributed by atoms with van der Waals surface area (Å²) in [7, 11) is 0. The van der Waals surface area contributed by atoms with Crippen molar-refractivity contribution in [1.82, 2.24) is 5.32 Å². The van der Waals surface area contributed by atoms with Crippen LogP contribution in [-0.2, 0) is 13.0 Å². The van der Waals surface area contributed by atoms with Crippen LogP contribution >= 0.6 is 0 Å². The SMILES string of the molecule is CCC(CO)(CO)NCc1ccc(CC(C)C)cc1. The van der Waals surface area contributed by atoms with Crippen LogP contribution in [0.1, 0.15) is 38.3 Å². The van der Waals surface area contributed by atoms with E-state index in [1.165, 1.54) is 11.1 Å². The molecule has 108 valence electrons. The molecule has 0 fully saturated rings. The van der Waals surface area contributed by atoms with Gasteiger partial charge >= 0.3 is 0 Å². The van der Waals surface area contributed by atoms with Gasteiger partial charge in [-0.3, -0.25) is 0 Å². The van der Waals surface area contributed by atoms with E-state index in [0.29, 0.717) is 18.9 Å². The molecule has 19 heavy (non-hydrogen) atoms. The summed E-state index contributed by atoms with van der Waals surface area (Å²) in [5.74, 6) is 0.667. The van der Waals surface area contributed by atoms with Crippen molar-refractivity contribution in [3.63, 3.8) is 0 Å². The molecule has 0 radical (unpaired) electrons. The molecule has 3 heteroatoms. The highest BCUT2D eigenvalue weighted by molar-refractivity contribution is 5.23. The highest BCUT2D eigenvalue weighted by Crippen LogP contribution is 2.12. The molecule has 0 aliphatic heterocycles. The van der Waals surface area contributed by atoms with Crippen molar-refractivity contribution in [2.24, 2.45) is 5.92 Å². The Balaban J connectivity index is 2.58. The van der Waals surface area contributed by atoms with Crippen molar-refractivity contribution in [1.29, 1.82) is 0 Å². The second-order valence-corrected chi connectivity index (χ2v) is 5.72. The van der Waals surface area contributed by atoms with Crippen molar-refractivity contribution in [2.75, 3.05) is 13.2 Å². The lowest BCUT2D eigenvalue weighted by Gasteiger charge is -2.30. The zero-order valence-electron chi connectivity index (χ0n) is 12.3. The summed E-state index contributed by atoms with van der Waals surface area (Å²) in [6.07, 6.45) is 1.80. The molecule has 0 spiro atoms. The second kappa shape index (κ2) is 7.63. The van der Waals surface area contributed by atoms with Gasteiger partial charge in [0.05, 0.1) is 18.8 Å². The highest BCUT2D eigenvalue weighted by Gasteiger charge is 2.25. The smallest absolute Gasteiger partial charge is 0.0648 e. The fraction of sp³-hybridized carbons (Fsp3) is 0.625. The van der Waals surface area contributed by atoms with Crippen LogP contribution in [0.15, 0.2) is 24.3 Å². The first-order valence-electron chi connectivity index (χ1n) is 7.10. The Morgan fingerprint density at radius 2 is 1.58 bits per heavy atom. The Morgan fingerprint density at radius 1 is 1.05 bits per heavy atom. The lowest BCUT2D eigenvalue weighted by atomic mass is 9.97. The minimum Gasteiger partial charge on any atom is -0.394 e. The van der Waals surface area contributed by atoms with Gasteiger partial charge in [0, 0.05) is 6.54 Å². The molecule has 1 aromatic rings. The summed E-state index contributed by atoms with van der Waals surface area (Å²) >= 11 is 0. The number of aliphatic hydroxyl groups is 2. The Morgan fingerprint density at radius 3 is 2.00 bits per heavy atom. The van der Waals surface area contributed by atoms with Gasteiger partial charge in [0.2, 0.25) is 0 Å². The van der Waals surface area contributed by atoms with Crippen LogP contribution in [0, 0.1) is 5.92 Å². The second-order valence-electron chi connectivity index (χ2n) is 5.72. The normalized spacial score (nSPS) is 12.1. The molecule has 1 rings (SSSR count). The van der Waals surface area contributed by atoms with Gasteiger partial charge in [-0.15, -0.1) is 0 Å². The molecule has 0 heterocycles. The molecule has 3 N–H and O–H groups in total. The van der Waals surface area contributed by atoms with Crippen LogP contribution in [0.3, 0.4) is 0 Å². The van der Waals surface area contributed by atoms with Crippen molar-refractivity contribution in [3.8, 4) is 0 Å². The van der Waals surface area contributed by atoms with Gasteiger partial charge in [-0.05, 0) is 29.9 Å². The standard InChI is InChI=1S/C16H27NO2/c1-4-16(11-18,12-19)17-10-15-7-5-14(6-8-15)9-13(2)3/h5-8,13,17-19H,4,9-12H2,1-3H3. The maximum atomic E-state index is 9.38. The lowest BCUT2D eigenvalue weighted by molar-refractivity contribution is 0.0864. The van der Waals surface area contributed by atoms with Gasteiger partial charge in [0.25, 0.3) is 0 Å². The molecule has 0 unspecified atom stereocenters. The van der Waals surface area contributed by atoms with Crippen LogP contribution in [0.25, 0.3) is 0 Å². The minimum absolute atomic E-state index is 0.0502. The highest BCUT2D eigenvalue weighted by atomic mass is 16.3. The molecule has 1 aromatic carbocycles. The van der Waals surface area contributed by atoms with Gasteiger partial charge in [-0.25, -0.2) is 0 Å². The van der Waals surface area contributed by atoms with E-state index in [2.05, 4.69) is 43.4 Å². The van der Waals surface area contributed by atoms with E-state index in [1.807, 2.05) is 6.92 Å². The minimum atomic E-state index is -0.573. The molecule has 0 saturated heterocycles. The molecule has 0 amide bonds. The number of rotatable bonds is 8. The monoisotopic (exact) mass is 265 g/mol. The van der Waals surface area contributed by atoms with Gasteiger partial charge in [0.1, 0.15) is 0 Å². The summed E-state index contributed by atoms with van der Waals surface area (Å²) in [5.41, 5.74) is 1.95. The quantitative estimate of drug-likeness (QED) is 0.675. The van der Waals surface area contributed by atoms with Gasteiger partial charge in [-0.1, -0.05) is 45.0 Å². The average Bonchev–Trinajstić information content (AvgIpc) is 2.42. The van der Waals surface area contributed by atoms with Gasteiger partial charge < -0.3 is 15.5 Å². The molecule has 0 aromatic heterocycles. The number of benzene rings is 1. The maximum absolute atomic E-state index is 9.38. The van der Waals surface area contributed by atoms with Gasteiger partial charge in [0.15, 0.2) is 0 Å². The Labute approximate surface area is 116 Å². The Hall–Kier alpha value is -0.900. The summed E-state index contributed by atoms with van der Waals surface area (Å²) in [5, 5.41) is 22.0. The van der Waals surface area contributed by atoms with Crippen molar-refractivity contribution >= 4 is 0 Å². The van der Waals surface area contributed by atoms with Crippen molar-refractivity contribution in [2.45, 2.75) is 45.7 Å². The van der Waals surface area contributed by atoms with E-state index in [0.717, 1.165) is 6.42 Å². The zero-order chi connectivity index (χ0) is 14.3. The third kappa shape index (κ3) is 4.94. The molecule has 0 aliphatic carbocycles. The number of aliphatic hydroxyl groups excluding tert-OH is 2. The summed E-state index contributed by atoms with van der Waals surface area (Å²) < 4.78 is 0. The van der Waals surface area contributed by atoms with Crippen molar-refractivity contribution in [3.05, 3.63) is 35.4 Å². The molecule has 0 bridgehead atoms. The predicted molar refractivity (Wildman–Crippen MR) is 79.0 cm³/mol. The molecule has 0 atom stereocenters. The number of nitrogens with one attached hydrogen (secondary N) is 1. The summed E-state index contributed by atoms with van der Waals surface area (Å²) in [6.45, 7) is 6.96. The Bertz CT molecular complexity index is 347. The zero-order valence-corrected chi connectivity index (χ0v) is 12.3. The van der Waals surface area contributed by atoms with Crippen LogP contribution < -0.4 is 5.32 Å². The van der Waals surface area contributed by atoms with Gasteiger partial charge in [-0.2, -0.15) is 0 Å². The van der Waals surface area contributed by atoms with Crippen LogP contribution in [0.2, 0.25) is 0 Å². The van der Waals surface area contributed by atoms with Crippen molar-refractivity contribution < 1.29 is 10.2 Å². The Kier molecular flexibility index (Phi) is 6.49. The summed E-state index contributed by atoms with van der Waals surface area (Å²) in [4.78, 5) is 0. The van der Waals surface area contributed by atoms with E-state index in [9.17, 15) is 10.2 Å². The number of hydrogen-bond donors (Lipinski definition) is 3. The van der Waals surface area contributed by atoms with E-state index < -0.39 is 5.54 Å². The average molecular weight is 265 g/mol. The molecule has 0 aliphatic rings. The topological polar surface area (TPSA) is 52.5 Å². The molecular weight excluding hydrogens is 238 g/mol. The lowest BCUT2D eigenvalue weighted by Crippen LogP contribution is -2.50. The first-order valence-corrected chi connectivity index (χ1v) is 7.10. The predicted octanol–water partition coefficient (Wildman–Crippen LogP) is 2.11. The fourth-order valence-electron chi connectivity index (χ4n) is 2.06. The maximum Gasteiger partial charge on any atom is 0.0648 e. The van der Waals surface area contributed by atoms with Crippen LogP contribution in [-0.4, -0.2) is 29.0 Å². The van der Waals surface area contributed by atoms with E-state index in [-0.39, 0.29) is 13.2 Å². The third-order valence-electron chi connectivity index (χ3n) is 3.62. The van der Waals surface area contributed by atoms with Crippen LogP contribution in [0.5, 0.6) is 0 Å². The fourth-order valence-corrected chi connectivity index (χ4v) is 2.06. The van der Waals surface area contributed by atoms with E-state index >= 15 is 0 Å². The largest absolute Gasteiger partial charge is 0.394 e. The molecule has 3 nitrogen and oxygen atoms in total.